The third kappa shape index (κ3) is 5.78. The maximum atomic E-state index is 4.68. The van der Waals surface area contributed by atoms with Crippen molar-refractivity contribution in [3.8, 4) is 5.95 Å². The van der Waals surface area contributed by atoms with Crippen molar-refractivity contribution >= 4 is 33.9 Å². The molecule has 9 nitrogen and oxygen atoms in total. The number of allylic oxidation sites excluding steroid dienone is 1. The van der Waals surface area contributed by atoms with Gasteiger partial charge in [-0.3, -0.25) is 0 Å². The van der Waals surface area contributed by atoms with Crippen LogP contribution in [0.4, 0.5) is 23.0 Å². The molecule has 0 amide bonds. The molecule has 0 spiro atoms. The highest BCUT2D eigenvalue weighted by molar-refractivity contribution is 5.83. The fourth-order valence-electron chi connectivity index (χ4n) is 4.04. The Labute approximate surface area is 218 Å². The normalized spacial score (nSPS) is 11.1. The number of aryl methyl sites for hydroxylation is 3. The molecule has 0 aliphatic heterocycles. The molecule has 192 valence electrons. The number of benzene rings is 2. The standard InChI is InChI=1S/C28H35N9/c1-9-20(4)31-24-16-23(19(3)15-26(24)36(8)13-12-35(6)7)32-27-29-17-30-28(33-27)37-25-14-18(2)10-11-22(25)21(5)34-37/h9-11,14-17,31H,1,4,12-13H2,2-3,5-8H3,(H,29,30,32,33). The number of fused-ring (bicyclic) bond motifs is 1. The lowest BCUT2D eigenvalue weighted by Crippen LogP contribution is -2.29. The second-order valence-electron chi connectivity index (χ2n) is 9.52. The van der Waals surface area contributed by atoms with E-state index >= 15 is 0 Å². The summed E-state index contributed by atoms with van der Waals surface area (Å²) in [5.74, 6) is 0.890. The van der Waals surface area contributed by atoms with Crippen LogP contribution < -0.4 is 15.5 Å². The molecule has 0 aliphatic rings. The fourth-order valence-corrected chi connectivity index (χ4v) is 4.04. The van der Waals surface area contributed by atoms with E-state index in [-0.39, 0.29) is 0 Å². The van der Waals surface area contributed by atoms with Gasteiger partial charge in [0.05, 0.1) is 22.6 Å². The van der Waals surface area contributed by atoms with Crippen molar-refractivity contribution in [3.05, 3.63) is 78.4 Å². The minimum absolute atomic E-state index is 0.435. The van der Waals surface area contributed by atoms with Crippen LogP contribution in [0, 0.1) is 20.8 Å². The Morgan fingerprint density at radius 2 is 1.81 bits per heavy atom. The average Bonchev–Trinajstić information content (AvgIpc) is 3.19. The maximum Gasteiger partial charge on any atom is 0.255 e. The van der Waals surface area contributed by atoms with Gasteiger partial charge in [0.15, 0.2) is 0 Å². The topological polar surface area (TPSA) is 87.0 Å². The molecular weight excluding hydrogens is 462 g/mol. The molecule has 0 atom stereocenters. The predicted octanol–water partition coefficient (Wildman–Crippen LogP) is 4.99. The van der Waals surface area contributed by atoms with Crippen molar-refractivity contribution < 1.29 is 0 Å². The molecule has 2 aromatic carbocycles. The van der Waals surface area contributed by atoms with Crippen LogP contribution in [-0.2, 0) is 0 Å². The Kier molecular flexibility index (Phi) is 7.54. The summed E-state index contributed by atoms with van der Waals surface area (Å²) in [6.07, 6.45) is 3.20. The highest BCUT2D eigenvalue weighted by atomic mass is 15.4. The number of nitrogens with zero attached hydrogens (tertiary/aromatic N) is 7. The van der Waals surface area contributed by atoms with Crippen molar-refractivity contribution in [2.75, 3.05) is 49.8 Å². The Morgan fingerprint density at radius 1 is 1.03 bits per heavy atom. The first-order valence-electron chi connectivity index (χ1n) is 12.2. The quantitative estimate of drug-likeness (QED) is 0.296. The van der Waals surface area contributed by atoms with Crippen LogP contribution in [0.15, 0.2) is 61.6 Å². The largest absolute Gasteiger partial charge is 0.372 e. The molecule has 37 heavy (non-hydrogen) atoms. The summed E-state index contributed by atoms with van der Waals surface area (Å²) in [5, 5.41) is 12.5. The Morgan fingerprint density at radius 3 is 2.54 bits per heavy atom. The predicted molar refractivity (Wildman–Crippen MR) is 153 cm³/mol. The van der Waals surface area contributed by atoms with Crippen molar-refractivity contribution in [1.82, 2.24) is 29.6 Å². The molecule has 4 aromatic rings. The van der Waals surface area contributed by atoms with Crippen molar-refractivity contribution in [2.24, 2.45) is 0 Å². The zero-order valence-electron chi connectivity index (χ0n) is 22.5. The minimum Gasteiger partial charge on any atom is -0.372 e. The van der Waals surface area contributed by atoms with Gasteiger partial charge in [-0.05, 0) is 70.3 Å². The summed E-state index contributed by atoms with van der Waals surface area (Å²) in [4.78, 5) is 17.8. The van der Waals surface area contributed by atoms with E-state index in [0.29, 0.717) is 11.9 Å². The summed E-state index contributed by atoms with van der Waals surface area (Å²) < 4.78 is 1.77. The van der Waals surface area contributed by atoms with E-state index in [1.165, 1.54) is 6.33 Å². The third-order valence-electron chi connectivity index (χ3n) is 6.19. The smallest absolute Gasteiger partial charge is 0.255 e. The van der Waals surface area contributed by atoms with E-state index in [2.05, 4.69) is 113 Å². The van der Waals surface area contributed by atoms with E-state index < -0.39 is 0 Å². The molecule has 0 unspecified atom stereocenters. The lowest BCUT2D eigenvalue weighted by molar-refractivity contribution is 0.416. The van der Waals surface area contributed by atoms with Crippen molar-refractivity contribution in [1.29, 1.82) is 0 Å². The van der Waals surface area contributed by atoms with Crippen LogP contribution in [0.1, 0.15) is 16.8 Å². The van der Waals surface area contributed by atoms with Gasteiger partial charge in [0, 0.05) is 36.9 Å². The summed E-state index contributed by atoms with van der Waals surface area (Å²) in [6, 6.07) is 10.4. The first kappa shape index (κ1) is 25.8. The number of rotatable bonds is 10. The fraction of sp³-hybridized carbons (Fsp3) is 0.286. The number of likely N-dealkylation sites (N-methyl/N-ethyl adjacent to an activating group) is 2. The Bertz CT molecular complexity index is 1450. The van der Waals surface area contributed by atoms with Gasteiger partial charge >= 0.3 is 0 Å². The number of hydrogen-bond donors (Lipinski definition) is 2. The van der Waals surface area contributed by atoms with E-state index in [9.17, 15) is 0 Å². The van der Waals surface area contributed by atoms with E-state index in [1.807, 2.05) is 13.0 Å². The highest BCUT2D eigenvalue weighted by Crippen LogP contribution is 2.33. The molecule has 0 fully saturated rings. The monoisotopic (exact) mass is 497 g/mol. The SMILES string of the molecule is C=CC(=C)Nc1cc(Nc2ncnc(-n3nc(C)c4ccc(C)cc43)n2)c(C)cc1N(C)CCN(C)C. The zero-order chi connectivity index (χ0) is 26.7. The van der Waals surface area contributed by atoms with Gasteiger partial charge in [-0.25, -0.2) is 4.98 Å². The lowest BCUT2D eigenvalue weighted by atomic mass is 10.1. The molecule has 2 heterocycles. The minimum atomic E-state index is 0.435. The number of nitrogens with one attached hydrogen (secondary N) is 2. The average molecular weight is 498 g/mol. The number of aromatic nitrogens is 5. The van der Waals surface area contributed by atoms with Crippen LogP contribution >= 0.6 is 0 Å². The first-order chi connectivity index (χ1) is 17.7. The summed E-state index contributed by atoms with van der Waals surface area (Å²) >= 11 is 0. The summed E-state index contributed by atoms with van der Waals surface area (Å²) in [6.45, 7) is 15.8. The zero-order valence-corrected chi connectivity index (χ0v) is 22.5. The molecule has 0 bridgehead atoms. The molecule has 2 aromatic heterocycles. The van der Waals surface area contributed by atoms with E-state index in [0.717, 1.165) is 63.6 Å². The van der Waals surface area contributed by atoms with Gasteiger partial charge in [0.1, 0.15) is 6.33 Å². The third-order valence-corrected chi connectivity index (χ3v) is 6.19. The van der Waals surface area contributed by atoms with Gasteiger partial charge in [0.2, 0.25) is 5.95 Å². The van der Waals surface area contributed by atoms with Crippen LogP contribution in [0.5, 0.6) is 0 Å². The van der Waals surface area contributed by atoms with Gasteiger partial charge in [-0.15, -0.1) is 0 Å². The van der Waals surface area contributed by atoms with Gasteiger partial charge in [-0.2, -0.15) is 19.7 Å². The molecule has 9 heteroatoms. The maximum absolute atomic E-state index is 4.68. The molecule has 4 rings (SSSR count). The van der Waals surface area contributed by atoms with Gasteiger partial charge < -0.3 is 20.4 Å². The van der Waals surface area contributed by atoms with E-state index in [1.54, 1.807) is 10.8 Å². The molecule has 2 N–H and O–H groups in total. The Balaban J connectivity index is 1.69. The van der Waals surface area contributed by atoms with Crippen LogP contribution in [0.2, 0.25) is 0 Å². The molecule has 0 radical (unpaired) electrons. The van der Waals surface area contributed by atoms with Crippen LogP contribution in [-0.4, -0.2) is 63.9 Å². The van der Waals surface area contributed by atoms with Gasteiger partial charge in [0.25, 0.3) is 5.95 Å². The second-order valence-corrected chi connectivity index (χ2v) is 9.52. The first-order valence-corrected chi connectivity index (χ1v) is 12.2. The lowest BCUT2D eigenvalue weighted by Gasteiger charge is -2.26. The Hall–Kier alpha value is -4.24. The van der Waals surface area contributed by atoms with E-state index in [4.69, 9.17) is 0 Å². The molecule has 0 saturated carbocycles. The molecule has 0 aliphatic carbocycles. The highest BCUT2D eigenvalue weighted by Gasteiger charge is 2.15. The number of anilines is 4. The molecular formula is C28H35N9. The van der Waals surface area contributed by atoms with Crippen molar-refractivity contribution in [2.45, 2.75) is 20.8 Å². The second kappa shape index (κ2) is 10.8. The van der Waals surface area contributed by atoms with Crippen LogP contribution in [0.25, 0.3) is 16.9 Å². The van der Waals surface area contributed by atoms with Gasteiger partial charge in [-0.1, -0.05) is 25.3 Å². The summed E-state index contributed by atoms with van der Waals surface area (Å²) in [7, 11) is 6.23. The molecule has 0 saturated heterocycles. The number of hydrogen-bond acceptors (Lipinski definition) is 8. The summed E-state index contributed by atoms with van der Waals surface area (Å²) in [5.41, 5.74) is 7.66. The van der Waals surface area contributed by atoms with Crippen molar-refractivity contribution in [3.63, 3.8) is 0 Å². The van der Waals surface area contributed by atoms with Crippen LogP contribution in [0.3, 0.4) is 0 Å².